The van der Waals surface area contributed by atoms with Gasteiger partial charge in [0.15, 0.2) is 0 Å². The summed E-state index contributed by atoms with van der Waals surface area (Å²) >= 11 is 0. The van der Waals surface area contributed by atoms with Crippen LogP contribution in [0.2, 0.25) is 0 Å². The number of hydrogen-bond acceptors (Lipinski definition) is 1. The molecule has 0 amide bonds. The SMILES string of the molecule is [CH2]C=C1CCCNC1. The third kappa shape index (κ3) is 1.34. The molecule has 1 radical (unpaired) electrons. The van der Waals surface area contributed by atoms with Crippen LogP contribution >= 0.6 is 0 Å². The van der Waals surface area contributed by atoms with Crippen LogP contribution in [-0.4, -0.2) is 13.1 Å². The molecule has 8 heavy (non-hydrogen) atoms. The smallest absolute Gasteiger partial charge is 0.0164 e. The van der Waals surface area contributed by atoms with Crippen molar-refractivity contribution in [2.75, 3.05) is 13.1 Å². The zero-order valence-corrected chi connectivity index (χ0v) is 5.11. The molecule has 0 aromatic heterocycles. The molecule has 0 aromatic rings. The highest BCUT2D eigenvalue weighted by Crippen LogP contribution is 2.06. The van der Waals surface area contributed by atoms with Crippen molar-refractivity contribution >= 4 is 0 Å². The summed E-state index contributed by atoms with van der Waals surface area (Å²) in [6.07, 6.45) is 4.49. The Morgan fingerprint density at radius 1 is 1.62 bits per heavy atom. The zero-order chi connectivity index (χ0) is 5.82. The van der Waals surface area contributed by atoms with Crippen LogP contribution in [0.15, 0.2) is 11.6 Å². The summed E-state index contributed by atoms with van der Waals surface area (Å²) in [6.45, 7) is 5.94. The van der Waals surface area contributed by atoms with Crippen LogP contribution in [0.5, 0.6) is 0 Å². The fraction of sp³-hybridized carbons (Fsp3) is 0.571. The van der Waals surface area contributed by atoms with Gasteiger partial charge in [0.05, 0.1) is 0 Å². The van der Waals surface area contributed by atoms with E-state index in [1.54, 1.807) is 0 Å². The Morgan fingerprint density at radius 2 is 2.50 bits per heavy atom. The minimum Gasteiger partial charge on any atom is -0.313 e. The molecule has 1 rings (SSSR count). The van der Waals surface area contributed by atoms with Gasteiger partial charge < -0.3 is 5.32 Å². The average Bonchev–Trinajstić information content (AvgIpc) is 1.90. The van der Waals surface area contributed by atoms with Crippen molar-refractivity contribution in [2.45, 2.75) is 12.8 Å². The van der Waals surface area contributed by atoms with E-state index in [1.807, 2.05) is 6.08 Å². The van der Waals surface area contributed by atoms with Gasteiger partial charge in [-0.2, -0.15) is 0 Å². The van der Waals surface area contributed by atoms with Gasteiger partial charge in [-0.3, -0.25) is 0 Å². The molecule has 0 saturated carbocycles. The summed E-state index contributed by atoms with van der Waals surface area (Å²) in [4.78, 5) is 0. The molecule has 0 unspecified atom stereocenters. The summed E-state index contributed by atoms with van der Waals surface area (Å²) in [7, 11) is 0. The van der Waals surface area contributed by atoms with Crippen LogP contribution in [0.4, 0.5) is 0 Å². The van der Waals surface area contributed by atoms with E-state index in [0.717, 1.165) is 6.54 Å². The minimum atomic E-state index is 1.06. The topological polar surface area (TPSA) is 12.0 Å². The van der Waals surface area contributed by atoms with Gasteiger partial charge in [-0.25, -0.2) is 0 Å². The van der Waals surface area contributed by atoms with E-state index in [2.05, 4.69) is 12.2 Å². The predicted molar refractivity (Wildman–Crippen MR) is 35.5 cm³/mol. The second kappa shape index (κ2) is 2.88. The number of hydrogen-bond donors (Lipinski definition) is 1. The molecule has 1 saturated heterocycles. The maximum Gasteiger partial charge on any atom is 0.0164 e. The van der Waals surface area contributed by atoms with Gasteiger partial charge in [0, 0.05) is 6.54 Å². The van der Waals surface area contributed by atoms with Crippen molar-refractivity contribution in [3.8, 4) is 0 Å². The molecule has 0 aliphatic carbocycles. The molecule has 1 aliphatic rings. The van der Waals surface area contributed by atoms with E-state index in [0.29, 0.717) is 0 Å². The van der Waals surface area contributed by atoms with Crippen molar-refractivity contribution in [2.24, 2.45) is 0 Å². The molecule has 0 aromatic carbocycles. The van der Waals surface area contributed by atoms with Crippen LogP contribution in [-0.2, 0) is 0 Å². The molecular weight excluding hydrogens is 98.1 g/mol. The molecule has 0 spiro atoms. The maximum absolute atomic E-state index is 3.71. The molecular formula is C7H12N. The molecule has 1 fully saturated rings. The zero-order valence-electron chi connectivity index (χ0n) is 5.11. The summed E-state index contributed by atoms with van der Waals surface area (Å²) in [5.74, 6) is 0. The lowest BCUT2D eigenvalue weighted by Crippen LogP contribution is -2.23. The lowest BCUT2D eigenvalue weighted by atomic mass is 10.1. The molecule has 1 nitrogen and oxygen atoms in total. The first kappa shape index (κ1) is 5.83. The Kier molecular flexibility index (Phi) is 2.10. The highest BCUT2D eigenvalue weighted by atomic mass is 14.9. The van der Waals surface area contributed by atoms with Gasteiger partial charge in [-0.1, -0.05) is 11.6 Å². The molecule has 1 N–H and O–H groups in total. The molecule has 1 heteroatoms. The van der Waals surface area contributed by atoms with E-state index in [9.17, 15) is 0 Å². The van der Waals surface area contributed by atoms with E-state index in [-0.39, 0.29) is 0 Å². The third-order valence-electron chi connectivity index (χ3n) is 1.49. The quantitative estimate of drug-likeness (QED) is 0.493. The van der Waals surface area contributed by atoms with E-state index in [1.165, 1.54) is 25.0 Å². The van der Waals surface area contributed by atoms with Gasteiger partial charge in [-0.05, 0) is 26.3 Å². The van der Waals surface area contributed by atoms with Gasteiger partial charge in [0.2, 0.25) is 0 Å². The van der Waals surface area contributed by atoms with E-state index >= 15 is 0 Å². The fourth-order valence-electron chi connectivity index (χ4n) is 0.952. The van der Waals surface area contributed by atoms with Crippen LogP contribution in [0.25, 0.3) is 0 Å². The number of piperidine rings is 1. The van der Waals surface area contributed by atoms with Crippen LogP contribution in [0.3, 0.4) is 0 Å². The lowest BCUT2D eigenvalue weighted by Gasteiger charge is -2.13. The first-order valence-corrected chi connectivity index (χ1v) is 3.11. The molecule has 0 bridgehead atoms. The highest BCUT2D eigenvalue weighted by molar-refractivity contribution is 5.07. The van der Waals surface area contributed by atoms with Crippen LogP contribution in [0.1, 0.15) is 12.8 Å². The maximum atomic E-state index is 3.71. The molecule has 1 heterocycles. The van der Waals surface area contributed by atoms with Gasteiger partial charge in [0.25, 0.3) is 0 Å². The van der Waals surface area contributed by atoms with E-state index < -0.39 is 0 Å². The summed E-state index contributed by atoms with van der Waals surface area (Å²) in [5, 5.41) is 3.28. The van der Waals surface area contributed by atoms with Crippen molar-refractivity contribution in [1.82, 2.24) is 5.32 Å². The first-order valence-electron chi connectivity index (χ1n) is 3.11. The highest BCUT2D eigenvalue weighted by Gasteiger charge is 2.00. The van der Waals surface area contributed by atoms with Gasteiger partial charge in [0.1, 0.15) is 0 Å². The molecule has 0 atom stereocenters. The Balaban J connectivity index is 2.33. The predicted octanol–water partition coefficient (Wildman–Crippen LogP) is 1.13. The van der Waals surface area contributed by atoms with Crippen molar-refractivity contribution < 1.29 is 0 Å². The van der Waals surface area contributed by atoms with Crippen molar-refractivity contribution in [3.63, 3.8) is 0 Å². The number of nitrogens with one attached hydrogen (secondary N) is 1. The largest absolute Gasteiger partial charge is 0.313 e. The monoisotopic (exact) mass is 110 g/mol. The minimum absolute atomic E-state index is 1.06. The molecule has 1 aliphatic heterocycles. The summed E-state index contributed by atoms with van der Waals surface area (Å²) in [5.41, 5.74) is 1.45. The second-order valence-electron chi connectivity index (χ2n) is 2.14. The lowest BCUT2D eigenvalue weighted by molar-refractivity contribution is 0.610. The summed E-state index contributed by atoms with van der Waals surface area (Å²) < 4.78 is 0. The summed E-state index contributed by atoms with van der Waals surface area (Å²) in [6, 6.07) is 0. The molecule has 45 valence electrons. The van der Waals surface area contributed by atoms with Gasteiger partial charge in [-0.15, -0.1) is 0 Å². The third-order valence-corrected chi connectivity index (χ3v) is 1.49. The fourth-order valence-corrected chi connectivity index (χ4v) is 0.952. The Labute approximate surface area is 50.8 Å². The Bertz CT molecular complexity index is 86.6. The standard InChI is InChI=1S/C7H12N/c1-2-7-4-3-5-8-6-7/h2,8H,1,3-6H2. The van der Waals surface area contributed by atoms with E-state index in [4.69, 9.17) is 0 Å². The first-order chi connectivity index (χ1) is 3.93. The van der Waals surface area contributed by atoms with Crippen molar-refractivity contribution in [3.05, 3.63) is 18.6 Å². The van der Waals surface area contributed by atoms with Crippen molar-refractivity contribution in [1.29, 1.82) is 0 Å². The normalized spacial score (nSPS) is 26.4. The Morgan fingerprint density at radius 3 is 2.88 bits per heavy atom. The second-order valence-corrected chi connectivity index (χ2v) is 2.14. The Hall–Kier alpha value is -0.300. The average molecular weight is 110 g/mol. The van der Waals surface area contributed by atoms with Crippen LogP contribution < -0.4 is 5.32 Å². The number of allylic oxidation sites excluding steroid dienone is 1. The number of rotatable bonds is 0. The van der Waals surface area contributed by atoms with Crippen LogP contribution in [0, 0.1) is 6.92 Å². The van der Waals surface area contributed by atoms with Gasteiger partial charge >= 0.3 is 0 Å².